The van der Waals surface area contributed by atoms with Crippen LogP contribution < -0.4 is 4.40 Å². The van der Waals surface area contributed by atoms with Gasteiger partial charge in [0.15, 0.2) is 11.9 Å². The van der Waals surface area contributed by atoms with Crippen molar-refractivity contribution in [3.05, 3.63) is 47.8 Å². The summed E-state index contributed by atoms with van der Waals surface area (Å²) in [6, 6.07) is 10.9. The van der Waals surface area contributed by atoms with Crippen LogP contribution in [0.4, 0.5) is 0 Å². The zero-order valence-corrected chi connectivity index (χ0v) is 10.2. The van der Waals surface area contributed by atoms with Gasteiger partial charge in [0.05, 0.1) is 0 Å². The molecule has 2 rings (SSSR count). The van der Waals surface area contributed by atoms with Crippen molar-refractivity contribution in [2.24, 2.45) is 0 Å². The van der Waals surface area contributed by atoms with Crippen LogP contribution in [-0.4, -0.2) is 0 Å². The molecule has 0 aliphatic heterocycles. The molecule has 0 saturated carbocycles. The number of aryl methyl sites for hydroxylation is 2. The van der Waals surface area contributed by atoms with Crippen molar-refractivity contribution in [3.8, 4) is 0 Å². The Morgan fingerprint density at radius 3 is 2.50 bits per heavy atom. The Morgan fingerprint density at radius 2 is 1.75 bits per heavy atom. The van der Waals surface area contributed by atoms with E-state index in [-0.39, 0.29) is 0 Å². The van der Waals surface area contributed by atoms with Gasteiger partial charge in [-0.3, -0.25) is 0 Å². The first-order chi connectivity index (χ1) is 7.86. The number of fused-ring (bicyclic) bond motifs is 1. The molecule has 0 aliphatic carbocycles. The maximum absolute atomic E-state index is 2.34. The van der Waals surface area contributed by atoms with E-state index in [4.69, 9.17) is 0 Å². The highest BCUT2D eigenvalue weighted by Crippen LogP contribution is 2.11. The monoisotopic (exact) mass is 214 g/mol. The molecule has 16 heavy (non-hydrogen) atoms. The van der Waals surface area contributed by atoms with Crippen LogP contribution in [-0.2, 0) is 12.8 Å². The summed E-state index contributed by atoms with van der Waals surface area (Å²) in [5, 5.41) is 0. The maximum Gasteiger partial charge on any atom is 0.210 e. The van der Waals surface area contributed by atoms with Crippen molar-refractivity contribution in [1.29, 1.82) is 0 Å². The zero-order chi connectivity index (χ0) is 11.4. The van der Waals surface area contributed by atoms with Gasteiger partial charge in [-0.1, -0.05) is 20.3 Å². The van der Waals surface area contributed by atoms with Crippen molar-refractivity contribution in [3.63, 3.8) is 0 Å². The van der Waals surface area contributed by atoms with Gasteiger partial charge in [0, 0.05) is 30.2 Å². The highest BCUT2D eigenvalue weighted by Gasteiger charge is 2.13. The summed E-state index contributed by atoms with van der Waals surface area (Å²) in [5.41, 5.74) is 4.29. The van der Waals surface area contributed by atoms with Crippen molar-refractivity contribution in [2.75, 3.05) is 0 Å². The lowest BCUT2D eigenvalue weighted by molar-refractivity contribution is -0.522. The van der Waals surface area contributed by atoms with E-state index in [9.17, 15) is 0 Å². The normalized spacial score (nSPS) is 10.9. The number of hydrogen-bond donors (Lipinski definition) is 0. The van der Waals surface area contributed by atoms with Crippen LogP contribution in [0.15, 0.2) is 36.5 Å². The Bertz CT molecular complexity index is 474. The first-order valence-electron chi connectivity index (χ1n) is 6.28. The highest BCUT2D eigenvalue weighted by atomic mass is 14.9. The molecule has 0 aliphatic rings. The van der Waals surface area contributed by atoms with Gasteiger partial charge < -0.3 is 0 Å². The molecule has 2 aromatic rings. The largest absolute Gasteiger partial charge is 0.210 e. The van der Waals surface area contributed by atoms with Gasteiger partial charge in [0.2, 0.25) is 5.52 Å². The average Bonchev–Trinajstić information content (AvgIpc) is 2.32. The van der Waals surface area contributed by atoms with E-state index in [0.29, 0.717) is 0 Å². The third-order valence-electron chi connectivity index (χ3n) is 3.01. The van der Waals surface area contributed by atoms with Gasteiger partial charge in [0.1, 0.15) is 0 Å². The zero-order valence-electron chi connectivity index (χ0n) is 10.2. The molecule has 0 radical (unpaired) electrons. The SMILES string of the molecule is CCCc1ccc2cccc[n+]2c1CCC. The second-order valence-corrected chi connectivity index (χ2v) is 4.30. The molecule has 84 valence electrons. The van der Waals surface area contributed by atoms with Crippen LogP contribution in [0.1, 0.15) is 37.9 Å². The number of aromatic nitrogens is 1. The molecule has 1 heteroatoms. The van der Waals surface area contributed by atoms with E-state index in [1.807, 2.05) is 0 Å². The molecule has 1 nitrogen and oxygen atoms in total. The van der Waals surface area contributed by atoms with Crippen LogP contribution >= 0.6 is 0 Å². The van der Waals surface area contributed by atoms with Crippen molar-refractivity contribution in [1.82, 2.24) is 0 Å². The van der Waals surface area contributed by atoms with Gasteiger partial charge in [-0.15, -0.1) is 0 Å². The molecule has 2 heterocycles. The summed E-state index contributed by atoms with van der Waals surface area (Å²) >= 11 is 0. The van der Waals surface area contributed by atoms with Gasteiger partial charge in [0.25, 0.3) is 0 Å². The number of nitrogens with zero attached hydrogens (tertiary/aromatic N) is 1. The quantitative estimate of drug-likeness (QED) is 0.687. The number of rotatable bonds is 4. The fraction of sp³-hybridized carbons (Fsp3) is 0.400. The highest BCUT2D eigenvalue weighted by molar-refractivity contribution is 5.40. The lowest BCUT2D eigenvalue weighted by Crippen LogP contribution is -2.28. The van der Waals surface area contributed by atoms with E-state index in [1.165, 1.54) is 42.5 Å². The summed E-state index contributed by atoms with van der Waals surface area (Å²) in [7, 11) is 0. The fourth-order valence-corrected chi connectivity index (χ4v) is 2.29. The average molecular weight is 214 g/mol. The number of pyridine rings is 2. The standard InChI is InChI=1S/C15H20N/c1-3-7-13-10-11-14-9-5-6-12-16(14)15(13)8-4-2/h5-6,9-12H,3-4,7-8H2,1-2H3/q+1. The lowest BCUT2D eigenvalue weighted by Gasteiger charge is -2.05. The minimum absolute atomic E-state index is 1.17. The minimum atomic E-state index is 1.17. The molecule has 0 amide bonds. The Hall–Kier alpha value is -1.37. The first kappa shape index (κ1) is 11.1. The van der Waals surface area contributed by atoms with Gasteiger partial charge >= 0.3 is 0 Å². The van der Waals surface area contributed by atoms with Crippen molar-refractivity contribution < 1.29 is 4.40 Å². The van der Waals surface area contributed by atoms with Gasteiger partial charge in [-0.25, -0.2) is 0 Å². The van der Waals surface area contributed by atoms with E-state index in [0.717, 1.165) is 0 Å². The molecular weight excluding hydrogens is 194 g/mol. The Labute approximate surface area is 97.7 Å². The van der Waals surface area contributed by atoms with Crippen LogP contribution in [0.5, 0.6) is 0 Å². The lowest BCUT2D eigenvalue weighted by atomic mass is 10.0. The summed E-state index contributed by atoms with van der Waals surface area (Å²) in [5.74, 6) is 0. The summed E-state index contributed by atoms with van der Waals surface area (Å²) in [6.45, 7) is 4.49. The predicted molar refractivity (Wildman–Crippen MR) is 67.6 cm³/mol. The summed E-state index contributed by atoms with van der Waals surface area (Å²) in [4.78, 5) is 0. The molecule has 2 aromatic heterocycles. The van der Waals surface area contributed by atoms with E-state index in [1.54, 1.807) is 0 Å². The number of hydrogen-bond acceptors (Lipinski definition) is 0. The minimum Gasteiger partial charge on any atom is -0.164 e. The smallest absolute Gasteiger partial charge is 0.164 e. The maximum atomic E-state index is 2.34. The van der Waals surface area contributed by atoms with Crippen LogP contribution in [0.2, 0.25) is 0 Å². The molecule has 0 bridgehead atoms. The molecule has 0 aromatic carbocycles. The first-order valence-corrected chi connectivity index (χ1v) is 6.28. The van der Waals surface area contributed by atoms with Crippen LogP contribution in [0, 0.1) is 0 Å². The molecular formula is C15H20N+. The van der Waals surface area contributed by atoms with Crippen LogP contribution in [0.3, 0.4) is 0 Å². The fourth-order valence-electron chi connectivity index (χ4n) is 2.29. The Morgan fingerprint density at radius 1 is 0.938 bits per heavy atom. The summed E-state index contributed by atoms with van der Waals surface area (Å²) in [6.07, 6.45) is 6.96. The molecule has 0 saturated heterocycles. The van der Waals surface area contributed by atoms with Crippen molar-refractivity contribution in [2.45, 2.75) is 39.5 Å². The Kier molecular flexibility index (Phi) is 3.55. The molecule has 0 spiro atoms. The molecule has 0 fully saturated rings. The Balaban J connectivity index is 2.58. The van der Waals surface area contributed by atoms with Crippen LogP contribution in [0.25, 0.3) is 5.52 Å². The van der Waals surface area contributed by atoms with E-state index >= 15 is 0 Å². The third-order valence-corrected chi connectivity index (χ3v) is 3.01. The second-order valence-electron chi connectivity index (χ2n) is 4.30. The topological polar surface area (TPSA) is 4.10 Å². The van der Waals surface area contributed by atoms with Crippen molar-refractivity contribution >= 4 is 5.52 Å². The second kappa shape index (κ2) is 5.11. The third kappa shape index (κ3) is 2.08. The van der Waals surface area contributed by atoms with E-state index in [2.05, 4.69) is 54.8 Å². The predicted octanol–water partition coefficient (Wildman–Crippen LogP) is 3.33. The van der Waals surface area contributed by atoms with Gasteiger partial charge in [-0.05, 0) is 25.0 Å². The van der Waals surface area contributed by atoms with E-state index < -0.39 is 0 Å². The molecule has 0 N–H and O–H groups in total. The molecule has 0 atom stereocenters. The summed E-state index contributed by atoms with van der Waals surface area (Å²) < 4.78 is 2.34. The molecule has 0 unspecified atom stereocenters. The van der Waals surface area contributed by atoms with Gasteiger partial charge in [-0.2, -0.15) is 4.40 Å².